The average Bonchev–Trinajstić information content (AvgIpc) is 3.44. The maximum absolute atomic E-state index is 13.1. The summed E-state index contributed by atoms with van der Waals surface area (Å²) in [7, 11) is 0. The molecule has 3 N–H and O–H groups in total. The second-order valence-corrected chi connectivity index (χ2v) is 10.7. The van der Waals surface area contributed by atoms with Gasteiger partial charge in [0.05, 0.1) is 6.54 Å². The van der Waals surface area contributed by atoms with Crippen LogP contribution in [0, 0.1) is 24.7 Å². The van der Waals surface area contributed by atoms with Crippen LogP contribution in [0.4, 0.5) is 0 Å². The minimum absolute atomic E-state index is 0.0515. The van der Waals surface area contributed by atoms with Gasteiger partial charge in [0.2, 0.25) is 11.8 Å². The number of nitrogens with zero attached hydrogens (tertiary/aromatic N) is 4. The van der Waals surface area contributed by atoms with Crippen LogP contribution < -0.4 is 11.1 Å². The van der Waals surface area contributed by atoms with Crippen LogP contribution in [0.25, 0.3) is 11.3 Å². The number of benzene rings is 1. The lowest BCUT2D eigenvalue weighted by atomic mass is 9.49. The van der Waals surface area contributed by atoms with Crippen molar-refractivity contribution >= 4 is 11.9 Å². The molecule has 8 heteroatoms. The first kappa shape index (κ1) is 22.1. The Balaban J connectivity index is 1.28. The van der Waals surface area contributed by atoms with E-state index in [4.69, 9.17) is 10.2 Å². The van der Waals surface area contributed by atoms with E-state index in [2.05, 4.69) is 49.3 Å². The zero-order valence-electron chi connectivity index (χ0n) is 20.1. The van der Waals surface area contributed by atoms with Crippen molar-refractivity contribution in [3.8, 4) is 11.3 Å². The Morgan fingerprint density at radius 1 is 1.09 bits per heavy atom. The molecule has 4 saturated carbocycles. The fourth-order valence-corrected chi connectivity index (χ4v) is 7.31. The van der Waals surface area contributed by atoms with E-state index in [1.54, 1.807) is 6.92 Å². The molecule has 3 aromatic rings. The monoisotopic (exact) mass is 472 g/mol. The number of aryl methyl sites for hydroxylation is 1. The number of nitrogens with one attached hydrogen (secondary N) is 1. The van der Waals surface area contributed by atoms with E-state index in [9.17, 15) is 4.79 Å². The third kappa shape index (κ3) is 4.26. The van der Waals surface area contributed by atoms with Crippen LogP contribution in [0.2, 0.25) is 0 Å². The molecule has 35 heavy (non-hydrogen) atoms. The van der Waals surface area contributed by atoms with Gasteiger partial charge < -0.3 is 20.0 Å². The fourth-order valence-electron chi connectivity index (χ4n) is 7.31. The van der Waals surface area contributed by atoms with E-state index >= 15 is 0 Å². The van der Waals surface area contributed by atoms with Crippen molar-refractivity contribution in [2.24, 2.45) is 28.5 Å². The number of hydrogen-bond acceptors (Lipinski definition) is 4. The summed E-state index contributed by atoms with van der Waals surface area (Å²) in [6, 6.07) is 14.8. The smallest absolute Gasteiger partial charge is 0.268 e. The maximum Gasteiger partial charge on any atom is 0.268 e. The molecule has 7 rings (SSSR count). The zero-order chi connectivity index (χ0) is 24.0. The Labute approximate surface area is 205 Å². The molecule has 0 radical (unpaired) electrons. The second kappa shape index (κ2) is 8.66. The van der Waals surface area contributed by atoms with E-state index in [0.717, 1.165) is 29.0 Å². The first-order chi connectivity index (χ1) is 17.0. The molecule has 0 atom stereocenters. The topological polar surface area (TPSA) is 111 Å². The number of rotatable bonds is 6. The maximum atomic E-state index is 13.1. The highest BCUT2D eigenvalue weighted by Crippen LogP contribution is 2.61. The Morgan fingerprint density at radius 3 is 2.40 bits per heavy atom. The predicted molar refractivity (Wildman–Crippen MR) is 132 cm³/mol. The van der Waals surface area contributed by atoms with Crippen molar-refractivity contribution in [2.45, 2.75) is 64.0 Å². The normalized spacial score (nSPS) is 27.3. The second-order valence-electron chi connectivity index (χ2n) is 10.7. The van der Waals surface area contributed by atoms with Gasteiger partial charge in [-0.1, -0.05) is 30.3 Å². The number of hydrogen-bond donors (Lipinski definition) is 2. The van der Waals surface area contributed by atoms with Gasteiger partial charge in [-0.25, -0.2) is 0 Å². The third-order valence-electron chi connectivity index (χ3n) is 8.16. The van der Waals surface area contributed by atoms with Crippen LogP contribution in [-0.4, -0.2) is 26.6 Å². The largest absolute Gasteiger partial charge is 0.424 e. The molecule has 4 bridgehead atoms. The van der Waals surface area contributed by atoms with Gasteiger partial charge in [-0.3, -0.25) is 4.79 Å². The molecule has 0 aliphatic heterocycles. The van der Waals surface area contributed by atoms with Gasteiger partial charge in [0.1, 0.15) is 6.54 Å². The van der Waals surface area contributed by atoms with Crippen LogP contribution in [0.1, 0.15) is 56.0 Å². The van der Waals surface area contributed by atoms with Crippen LogP contribution >= 0.6 is 0 Å². The minimum atomic E-state index is -0.281. The number of nitrogens with two attached hydrogens (primary N) is 1. The molecule has 4 fully saturated rings. The van der Waals surface area contributed by atoms with Gasteiger partial charge >= 0.3 is 0 Å². The van der Waals surface area contributed by atoms with E-state index in [1.165, 1.54) is 44.2 Å². The highest BCUT2D eigenvalue weighted by Gasteiger charge is 2.52. The van der Waals surface area contributed by atoms with Crippen molar-refractivity contribution in [3.63, 3.8) is 0 Å². The lowest BCUT2D eigenvalue weighted by molar-refractivity contribution is -0.118. The highest BCUT2D eigenvalue weighted by molar-refractivity contribution is 5.92. The summed E-state index contributed by atoms with van der Waals surface area (Å²) in [5.74, 6) is 3.12. The molecular weight excluding hydrogens is 440 g/mol. The van der Waals surface area contributed by atoms with Gasteiger partial charge in [0.25, 0.3) is 5.91 Å². The SMILES string of the molecule is Cc1nnc(CN/C(N)=N\C(=O)Cn2c(-c3ccccc3)ccc2C23CC4CC(CC(C4)C2)C3)o1. The minimum Gasteiger partial charge on any atom is -0.424 e. The number of carbonyl (C=O) groups is 1. The lowest BCUT2D eigenvalue weighted by Crippen LogP contribution is -2.49. The van der Waals surface area contributed by atoms with Crippen molar-refractivity contribution in [3.05, 3.63) is 59.9 Å². The number of aliphatic imine (C=N–C) groups is 1. The molecule has 0 saturated heterocycles. The summed E-state index contributed by atoms with van der Waals surface area (Å²) in [4.78, 5) is 17.2. The van der Waals surface area contributed by atoms with Gasteiger partial charge in [0.15, 0.2) is 5.96 Å². The van der Waals surface area contributed by atoms with E-state index in [0.29, 0.717) is 11.8 Å². The van der Waals surface area contributed by atoms with E-state index in [-0.39, 0.29) is 30.4 Å². The summed E-state index contributed by atoms with van der Waals surface area (Å²) < 4.78 is 7.55. The molecule has 8 nitrogen and oxygen atoms in total. The summed E-state index contributed by atoms with van der Waals surface area (Å²) in [5, 5.41) is 10.6. The van der Waals surface area contributed by atoms with Crippen molar-refractivity contribution in [2.75, 3.05) is 0 Å². The van der Waals surface area contributed by atoms with Crippen molar-refractivity contribution in [1.29, 1.82) is 0 Å². The molecule has 1 aromatic carbocycles. The van der Waals surface area contributed by atoms with Crippen LogP contribution in [0.5, 0.6) is 0 Å². The summed E-state index contributed by atoms with van der Waals surface area (Å²) >= 11 is 0. The van der Waals surface area contributed by atoms with Crippen LogP contribution in [0.15, 0.2) is 51.9 Å². The lowest BCUT2D eigenvalue weighted by Gasteiger charge is -2.57. The summed E-state index contributed by atoms with van der Waals surface area (Å²) in [5.41, 5.74) is 9.65. The van der Waals surface area contributed by atoms with Gasteiger partial charge in [-0.2, -0.15) is 4.99 Å². The fraction of sp³-hybridized carbons (Fsp3) is 0.481. The van der Waals surface area contributed by atoms with Gasteiger partial charge in [-0.05, 0) is 74.0 Å². The standard InChI is InChI=1S/C27H32N6O2/c1-17-31-32-25(35-17)15-29-26(28)30-24(34)16-33-22(21-5-3-2-4-6-21)7-8-23(33)27-12-18-9-19(13-27)11-20(10-18)14-27/h2-8,18-20H,9-16H2,1H3,(H3,28,29,30,34). The summed E-state index contributed by atoms with van der Waals surface area (Å²) in [6.45, 7) is 2.11. The number of aromatic nitrogens is 3. The Bertz CT molecular complexity index is 1220. The van der Waals surface area contributed by atoms with Crippen LogP contribution in [-0.2, 0) is 23.3 Å². The molecular formula is C27H32N6O2. The first-order valence-corrected chi connectivity index (χ1v) is 12.6. The molecule has 2 aromatic heterocycles. The Hall–Kier alpha value is -3.42. The average molecular weight is 473 g/mol. The first-order valence-electron chi connectivity index (χ1n) is 12.6. The number of guanidine groups is 1. The molecule has 0 spiro atoms. The molecule has 2 heterocycles. The number of amides is 1. The van der Waals surface area contributed by atoms with E-state index < -0.39 is 0 Å². The van der Waals surface area contributed by atoms with Crippen molar-refractivity contribution in [1.82, 2.24) is 20.1 Å². The van der Waals surface area contributed by atoms with Crippen molar-refractivity contribution < 1.29 is 9.21 Å². The zero-order valence-corrected chi connectivity index (χ0v) is 20.1. The highest BCUT2D eigenvalue weighted by atomic mass is 16.4. The summed E-state index contributed by atoms with van der Waals surface area (Å²) in [6.07, 6.45) is 7.87. The van der Waals surface area contributed by atoms with E-state index in [1.807, 2.05) is 18.2 Å². The molecule has 182 valence electrons. The molecule has 4 aliphatic carbocycles. The molecule has 0 unspecified atom stereocenters. The predicted octanol–water partition coefficient (Wildman–Crippen LogP) is 3.95. The third-order valence-corrected chi connectivity index (χ3v) is 8.16. The molecule has 4 aliphatic rings. The van der Waals surface area contributed by atoms with Gasteiger partial charge in [-0.15, -0.1) is 10.2 Å². The molecule has 1 amide bonds. The van der Waals surface area contributed by atoms with Gasteiger partial charge in [0, 0.05) is 23.7 Å². The van der Waals surface area contributed by atoms with Crippen LogP contribution in [0.3, 0.4) is 0 Å². The Kier molecular flexibility index (Phi) is 5.46. The Morgan fingerprint density at radius 2 is 1.77 bits per heavy atom. The quantitative estimate of drug-likeness (QED) is 0.415. The number of carbonyl (C=O) groups excluding carboxylic acids is 1.